The van der Waals surface area contributed by atoms with E-state index in [1.54, 1.807) is 28.6 Å². The fraction of sp³-hybridized carbons (Fsp3) is 0.435. The van der Waals surface area contributed by atoms with Gasteiger partial charge in [0.05, 0.1) is 16.8 Å². The van der Waals surface area contributed by atoms with Crippen LogP contribution in [0.1, 0.15) is 55.1 Å². The van der Waals surface area contributed by atoms with E-state index in [1.807, 2.05) is 41.1 Å². The lowest BCUT2D eigenvalue weighted by molar-refractivity contribution is -0.134. The van der Waals surface area contributed by atoms with Gasteiger partial charge >= 0.3 is 0 Å². The van der Waals surface area contributed by atoms with E-state index in [-0.39, 0.29) is 17.9 Å². The quantitative estimate of drug-likeness (QED) is 0.692. The number of hydrogen-bond donors (Lipinski definition) is 1. The molecule has 1 fully saturated rings. The van der Waals surface area contributed by atoms with Crippen molar-refractivity contribution in [1.29, 1.82) is 0 Å². The Hall–Kier alpha value is -2.67. The van der Waals surface area contributed by atoms with Crippen LogP contribution in [0.3, 0.4) is 0 Å². The summed E-state index contributed by atoms with van der Waals surface area (Å²) >= 11 is 1.62. The van der Waals surface area contributed by atoms with E-state index in [2.05, 4.69) is 10.3 Å². The normalized spacial score (nSPS) is 22.3. The van der Waals surface area contributed by atoms with Crippen LogP contribution in [0.25, 0.3) is 10.2 Å². The summed E-state index contributed by atoms with van der Waals surface area (Å²) in [4.78, 5) is 33.1. The molecule has 0 aromatic carbocycles. The Morgan fingerprint density at radius 3 is 2.90 bits per heavy atom. The van der Waals surface area contributed by atoms with Crippen LogP contribution in [0.2, 0.25) is 0 Å². The molecule has 3 aromatic heterocycles. The summed E-state index contributed by atoms with van der Waals surface area (Å²) in [5.41, 5.74) is 1.64. The number of thiophene rings is 1. The Bertz CT molecular complexity index is 1080. The molecule has 4 heterocycles. The fourth-order valence-corrected chi connectivity index (χ4v) is 5.61. The summed E-state index contributed by atoms with van der Waals surface area (Å²) in [7, 11) is 0. The smallest absolute Gasteiger partial charge is 0.271 e. The van der Waals surface area contributed by atoms with Crippen molar-refractivity contribution in [3.63, 3.8) is 0 Å². The minimum absolute atomic E-state index is 0.0608. The first-order chi connectivity index (χ1) is 14.6. The highest BCUT2D eigenvalue weighted by molar-refractivity contribution is 7.17. The van der Waals surface area contributed by atoms with Gasteiger partial charge < -0.3 is 14.8 Å². The maximum Gasteiger partial charge on any atom is 0.271 e. The van der Waals surface area contributed by atoms with Crippen molar-refractivity contribution in [2.75, 3.05) is 0 Å². The minimum Gasteiger partial charge on any atom is -0.351 e. The van der Waals surface area contributed by atoms with Gasteiger partial charge in [-0.05, 0) is 48.9 Å². The van der Waals surface area contributed by atoms with Gasteiger partial charge in [0.25, 0.3) is 5.91 Å². The monoisotopic (exact) mass is 422 g/mol. The Labute approximate surface area is 179 Å². The molecule has 1 saturated carbocycles. The third-order valence-corrected chi connectivity index (χ3v) is 7.39. The number of aromatic nitrogens is 2. The molecule has 1 N–H and O–H groups in total. The van der Waals surface area contributed by atoms with Crippen LogP contribution < -0.4 is 5.32 Å². The van der Waals surface area contributed by atoms with Gasteiger partial charge in [-0.3, -0.25) is 14.6 Å². The molecule has 2 amide bonds. The van der Waals surface area contributed by atoms with Crippen molar-refractivity contribution < 1.29 is 9.59 Å². The summed E-state index contributed by atoms with van der Waals surface area (Å²) in [6.07, 6.45) is 9.05. The van der Waals surface area contributed by atoms with E-state index in [1.165, 1.54) is 6.42 Å². The number of pyridine rings is 1. The average Bonchev–Trinajstić information content (AvgIpc) is 3.35. The molecule has 0 radical (unpaired) electrons. The summed E-state index contributed by atoms with van der Waals surface area (Å²) in [5, 5.41) is 5.30. The molecule has 30 heavy (non-hydrogen) atoms. The maximum atomic E-state index is 13.6. The van der Waals surface area contributed by atoms with Crippen molar-refractivity contribution in [2.24, 2.45) is 0 Å². The van der Waals surface area contributed by atoms with E-state index in [9.17, 15) is 9.59 Å². The van der Waals surface area contributed by atoms with Crippen LogP contribution in [0, 0.1) is 0 Å². The third kappa shape index (κ3) is 3.21. The lowest BCUT2D eigenvalue weighted by atomic mass is 9.91. The molecule has 3 aromatic rings. The van der Waals surface area contributed by atoms with Crippen LogP contribution in [0.15, 0.2) is 42.0 Å². The first kappa shape index (κ1) is 19.3. The summed E-state index contributed by atoms with van der Waals surface area (Å²) < 4.78 is 3.10. The van der Waals surface area contributed by atoms with E-state index in [0.717, 1.165) is 41.5 Å². The lowest BCUT2D eigenvalue weighted by Gasteiger charge is -2.44. The van der Waals surface area contributed by atoms with Gasteiger partial charge in [-0.25, -0.2) is 0 Å². The number of nitrogens with zero attached hydrogens (tertiary/aromatic N) is 3. The van der Waals surface area contributed by atoms with Gasteiger partial charge in [-0.1, -0.05) is 25.3 Å². The minimum atomic E-state index is -0.967. The van der Waals surface area contributed by atoms with Crippen molar-refractivity contribution in [3.05, 3.63) is 53.3 Å². The number of hydrogen-bond acceptors (Lipinski definition) is 4. The van der Waals surface area contributed by atoms with Crippen molar-refractivity contribution in [3.8, 4) is 0 Å². The van der Waals surface area contributed by atoms with Gasteiger partial charge in [0.15, 0.2) is 0 Å². The largest absolute Gasteiger partial charge is 0.351 e. The molecule has 2 aliphatic rings. The first-order valence-electron chi connectivity index (χ1n) is 10.6. The molecular formula is C23H26N4O2S. The highest BCUT2D eigenvalue weighted by Crippen LogP contribution is 2.35. The second-order valence-corrected chi connectivity index (χ2v) is 9.57. The Kier molecular flexibility index (Phi) is 4.85. The van der Waals surface area contributed by atoms with Crippen molar-refractivity contribution in [2.45, 2.75) is 63.7 Å². The molecule has 1 aliphatic carbocycles. The number of nitrogens with one attached hydrogen (secondary N) is 1. The molecule has 156 valence electrons. The predicted molar refractivity (Wildman–Crippen MR) is 117 cm³/mol. The van der Waals surface area contributed by atoms with Crippen LogP contribution in [-0.2, 0) is 17.9 Å². The molecule has 0 bridgehead atoms. The van der Waals surface area contributed by atoms with Gasteiger partial charge in [0.1, 0.15) is 11.2 Å². The topological polar surface area (TPSA) is 67.2 Å². The Balaban J connectivity index is 1.53. The molecule has 0 spiro atoms. The third-order valence-electron chi connectivity index (χ3n) is 6.54. The Morgan fingerprint density at radius 2 is 2.13 bits per heavy atom. The fourth-order valence-electron chi connectivity index (χ4n) is 4.78. The number of carbonyl (C=O) groups is 2. The molecule has 0 saturated heterocycles. The van der Waals surface area contributed by atoms with Gasteiger partial charge in [0.2, 0.25) is 5.91 Å². The maximum absolute atomic E-state index is 13.6. The van der Waals surface area contributed by atoms with Crippen LogP contribution in [-0.4, -0.2) is 37.8 Å². The molecular weight excluding hydrogens is 396 g/mol. The molecule has 1 atom stereocenters. The summed E-state index contributed by atoms with van der Waals surface area (Å²) in [6, 6.07) is 8.00. The predicted octanol–water partition coefficient (Wildman–Crippen LogP) is 3.96. The zero-order valence-electron chi connectivity index (χ0n) is 17.1. The molecule has 5 rings (SSSR count). The number of fused-ring (bicyclic) bond motifs is 3. The molecule has 7 heteroatoms. The first-order valence-corrected chi connectivity index (χ1v) is 11.5. The summed E-state index contributed by atoms with van der Waals surface area (Å²) in [6.45, 7) is 2.72. The second-order valence-electron chi connectivity index (χ2n) is 8.62. The van der Waals surface area contributed by atoms with Gasteiger partial charge in [-0.2, -0.15) is 0 Å². The van der Waals surface area contributed by atoms with Crippen molar-refractivity contribution >= 4 is 33.4 Å². The van der Waals surface area contributed by atoms with Crippen LogP contribution >= 0.6 is 11.3 Å². The number of amides is 2. The molecule has 1 aliphatic heterocycles. The van der Waals surface area contributed by atoms with Crippen molar-refractivity contribution in [1.82, 2.24) is 19.8 Å². The van der Waals surface area contributed by atoms with Crippen LogP contribution in [0.4, 0.5) is 0 Å². The highest BCUT2D eigenvalue weighted by Gasteiger charge is 2.48. The van der Waals surface area contributed by atoms with E-state index in [4.69, 9.17) is 0 Å². The Morgan fingerprint density at radius 1 is 1.30 bits per heavy atom. The average molecular weight is 423 g/mol. The standard InChI is InChI=1S/C23H26N4O2S/c1-23(22(29)25-17-7-3-2-4-8-17)15-26-18-9-11-30-20(18)12-19(26)21(28)27(23)14-16-6-5-10-24-13-16/h5-6,9-13,17H,2-4,7-8,14-15H2,1H3,(H,25,29). The van der Waals surface area contributed by atoms with E-state index >= 15 is 0 Å². The zero-order chi connectivity index (χ0) is 20.7. The van der Waals surface area contributed by atoms with E-state index < -0.39 is 5.54 Å². The van der Waals surface area contributed by atoms with E-state index in [0.29, 0.717) is 18.8 Å². The zero-order valence-corrected chi connectivity index (χ0v) is 18.0. The summed E-state index contributed by atoms with van der Waals surface area (Å²) in [5.74, 6) is -0.163. The van der Waals surface area contributed by atoms with Gasteiger partial charge in [-0.15, -0.1) is 11.3 Å². The van der Waals surface area contributed by atoms with Crippen LogP contribution in [0.5, 0.6) is 0 Å². The second kappa shape index (κ2) is 7.54. The molecule has 6 nitrogen and oxygen atoms in total. The van der Waals surface area contributed by atoms with Gasteiger partial charge in [0, 0.05) is 25.0 Å². The lowest BCUT2D eigenvalue weighted by Crippen LogP contribution is -2.64. The molecule has 1 unspecified atom stereocenters. The highest BCUT2D eigenvalue weighted by atomic mass is 32.1. The SMILES string of the molecule is CC1(C(=O)NC2CCCCC2)Cn2c(cc3sccc32)C(=O)N1Cc1cccnc1. The number of carbonyl (C=O) groups excluding carboxylic acids is 2. The number of rotatable bonds is 4.